The van der Waals surface area contributed by atoms with Crippen molar-refractivity contribution in [1.29, 1.82) is 0 Å². The zero-order valence-corrected chi connectivity index (χ0v) is 25.6. The van der Waals surface area contributed by atoms with E-state index in [1.165, 1.54) is 49.5 Å². The SMILES string of the molecule is CC[C@@H](C)NC(=O)[C@H](C)N(Cc1ccccc1C)C(=O)CN(c1ccc(F)cc1)S(=O)(=O)c1ccc(OC)c(OC)c1. The van der Waals surface area contributed by atoms with Crippen molar-refractivity contribution in [3.8, 4) is 11.5 Å². The lowest BCUT2D eigenvalue weighted by Crippen LogP contribution is -2.52. The van der Waals surface area contributed by atoms with Crippen LogP contribution < -0.4 is 19.1 Å². The number of nitrogens with one attached hydrogen (secondary N) is 1. The highest BCUT2D eigenvalue weighted by Gasteiger charge is 2.33. The molecule has 2 amide bonds. The van der Waals surface area contributed by atoms with E-state index in [0.717, 1.165) is 27.6 Å². The van der Waals surface area contributed by atoms with Gasteiger partial charge in [0.1, 0.15) is 18.4 Å². The van der Waals surface area contributed by atoms with Crippen molar-refractivity contribution < 1.29 is 31.9 Å². The molecule has 11 heteroatoms. The molecule has 0 unspecified atom stereocenters. The van der Waals surface area contributed by atoms with Crippen LogP contribution in [0.25, 0.3) is 0 Å². The molecule has 42 heavy (non-hydrogen) atoms. The maximum absolute atomic E-state index is 14.0. The number of rotatable bonds is 13. The molecule has 226 valence electrons. The quantitative estimate of drug-likeness (QED) is 0.306. The van der Waals surface area contributed by atoms with Gasteiger partial charge in [0, 0.05) is 18.7 Å². The monoisotopic (exact) mass is 599 g/mol. The molecule has 0 bridgehead atoms. The number of carbonyl (C=O) groups is 2. The molecule has 0 aliphatic rings. The van der Waals surface area contributed by atoms with Gasteiger partial charge in [-0.2, -0.15) is 0 Å². The number of anilines is 1. The van der Waals surface area contributed by atoms with Gasteiger partial charge in [0.05, 0.1) is 24.8 Å². The van der Waals surface area contributed by atoms with Gasteiger partial charge in [0.15, 0.2) is 11.5 Å². The van der Waals surface area contributed by atoms with E-state index < -0.39 is 34.3 Å². The lowest BCUT2D eigenvalue weighted by atomic mass is 10.1. The van der Waals surface area contributed by atoms with Crippen LogP contribution in [0.15, 0.2) is 71.6 Å². The number of carbonyl (C=O) groups excluding carboxylic acids is 2. The van der Waals surface area contributed by atoms with Gasteiger partial charge in [-0.3, -0.25) is 13.9 Å². The third-order valence-corrected chi connectivity index (χ3v) is 8.88. The molecule has 0 spiro atoms. The summed E-state index contributed by atoms with van der Waals surface area (Å²) in [7, 11) is -1.57. The number of nitrogens with zero attached hydrogens (tertiary/aromatic N) is 2. The number of hydrogen-bond donors (Lipinski definition) is 1. The van der Waals surface area contributed by atoms with Gasteiger partial charge in [0.2, 0.25) is 11.8 Å². The Morgan fingerprint density at radius 1 is 0.952 bits per heavy atom. The molecule has 0 saturated heterocycles. The van der Waals surface area contributed by atoms with Crippen molar-refractivity contribution in [2.75, 3.05) is 25.1 Å². The molecule has 0 aromatic heterocycles. The van der Waals surface area contributed by atoms with Crippen molar-refractivity contribution in [2.45, 2.75) is 57.6 Å². The lowest BCUT2D eigenvalue weighted by Gasteiger charge is -2.32. The van der Waals surface area contributed by atoms with Crippen molar-refractivity contribution >= 4 is 27.5 Å². The Labute approximate surface area is 247 Å². The Morgan fingerprint density at radius 2 is 1.60 bits per heavy atom. The van der Waals surface area contributed by atoms with E-state index in [9.17, 15) is 22.4 Å². The largest absolute Gasteiger partial charge is 0.493 e. The van der Waals surface area contributed by atoms with Crippen LogP contribution in [-0.2, 0) is 26.2 Å². The standard InChI is InChI=1S/C31H38FN3O6S/c1-7-22(3)33-31(37)23(4)34(19-24-11-9-8-10-21(24)2)30(36)20-35(26-14-12-25(32)13-15-26)42(38,39)27-16-17-28(40-5)29(18-27)41-6/h8-18,22-23H,7,19-20H2,1-6H3,(H,33,37)/t22-,23+/m1/s1. The lowest BCUT2D eigenvalue weighted by molar-refractivity contribution is -0.139. The topological polar surface area (TPSA) is 105 Å². The van der Waals surface area contributed by atoms with Crippen LogP contribution in [-0.4, -0.2) is 58.0 Å². The highest BCUT2D eigenvalue weighted by atomic mass is 32.2. The Morgan fingerprint density at radius 3 is 2.19 bits per heavy atom. The summed E-state index contributed by atoms with van der Waals surface area (Å²) in [5.74, 6) is -1.03. The fourth-order valence-electron chi connectivity index (χ4n) is 4.26. The highest BCUT2D eigenvalue weighted by Crippen LogP contribution is 2.32. The first-order valence-electron chi connectivity index (χ1n) is 13.6. The first kappa shape index (κ1) is 32.4. The van der Waals surface area contributed by atoms with Crippen LogP contribution in [0.1, 0.15) is 38.3 Å². The van der Waals surface area contributed by atoms with E-state index in [0.29, 0.717) is 12.2 Å². The molecule has 0 fully saturated rings. The average molecular weight is 600 g/mol. The van der Waals surface area contributed by atoms with Gasteiger partial charge in [-0.15, -0.1) is 0 Å². The second-order valence-electron chi connectivity index (χ2n) is 9.95. The van der Waals surface area contributed by atoms with Crippen LogP contribution in [0.5, 0.6) is 11.5 Å². The normalized spacial score (nSPS) is 12.6. The van der Waals surface area contributed by atoms with Crippen LogP contribution in [0.4, 0.5) is 10.1 Å². The number of sulfonamides is 1. The van der Waals surface area contributed by atoms with Gasteiger partial charge < -0.3 is 19.7 Å². The molecule has 9 nitrogen and oxygen atoms in total. The number of aryl methyl sites for hydroxylation is 1. The van der Waals surface area contributed by atoms with Crippen LogP contribution >= 0.6 is 0 Å². The molecule has 0 radical (unpaired) electrons. The van der Waals surface area contributed by atoms with Crippen molar-refractivity contribution in [2.24, 2.45) is 0 Å². The molecule has 0 aliphatic heterocycles. The average Bonchev–Trinajstić information content (AvgIpc) is 2.98. The van der Waals surface area contributed by atoms with E-state index in [4.69, 9.17) is 9.47 Å². The minimum atomic E-state index is -4.38. The predicted molar refractivity (Wildman–Crippen MR) is 160 cm³/mol. The summed E-state index contributed by atoms with van der Waals surface area (Å²) in [6, 6.07) is 15.3. The molecular formula is C31H38FN3O6S. The third-order valence-electron chi connectivity index (χ3n) is 7.11. The van der Waals surface area contributed by atoms with Gasteiger partial charge in [-0.05, 0) is 74.7 Å². The first-order valence-corrected chi connectivity index (χ1v) is 15.0. The molecule has 3 rings (SSSR count). The Kier molecular flexibility index (Phi) is 10.9. The van der Waals surface area contributed by atoms with Gasteiger partial charge in [-0.25, -0.2) is 12.8 Å². The molecule has 3 aromatic rings. The third kappa shape index (κ3) is 7.58. The summed E-state index contributed by atoms with van der Waals surface area (Å²) in [6.07, 6.45) is 0.701. The number of benzene rings is 3. The second kappa shape index (κ2) is 14.2. The summed E-state index contributed by atoms with van der Waals surface area (Å²) in [6.45, 7) is 6.74. The molecule has 3 aromatic carbocycles. The highest BCUT2D eigenvalue weighted by molar-refractivity contribution is 7.92. The van der Waals surface area contributed by atoms with Gasteiger partial charge in [-0.1, -0.05) is 31.2 Å². The predicted octanol–water partition coefficient (Wildman–Crippen LogP) is 4.68. The molecule has 1 N–H and O–H groups in total. The fraction of sp³-hybridized carbons (Fsp3) is 0.355. The molecule has 0 aliphatic carbocycles. The smallest absolute Gasteiger partial charge is 0.264 e. The summed E-state index contributed by atoms with van der Waals surface area (Å²) in [5, 5.41) is 2.90. The minimum absolute atomic E-state index is 0.0760. The van der Waals surface area contributed by atoms with E-state index in [2.05, 4.69) is 5.32 Å². The van der Waals surface area contributed by atoms with Crippen molar-refractivity contribution in [3.63, 3.8) is 0 Å². The summed E-state index contributed by atoms with van der Waals surface area (Å²) in [4.78, 5) is 28.4. The Bertz CT molecular complexity index is 1500. The first-order chi connectivity index (χ1) is 19.9. The van der Waals surface area contributed by atoms with Crippen LogP contribution in [0.2, 0.25) is 0 Å². The zero-order valence-electron chi connectivity index (χ0n) is 24.8. The number of ether oxygens (including phenoxy) is 2. The van der Waals surface area contributed by atoms with Crippen molar-refractivity contribution in [3.05, 3.63) is 83.7 Å². The molecule has 0 heterocycles. The summed E-state index contributed by atoms with van der Waals surface area (Å²) >= 11 is 0. The van der Waals surface area contributed by atoms with Crippen molar-refractivity contribution in [1.82, 2.24) is 10.2 Å². The minimum Gasteiger partial charge on any atom is -0.493 e. The maximum atomic E-state index is 14.0. The number of hydrogen-bond acceptors (Lipinski definition) is 6. The number of methoxy groups -OCH3 is 2. The molecule has 0 saturated carbocycles. The Hall–Kier alpha value is -4.12. The second-order valence-corrected chi connectivity index (χ2v) is 11.8. The van der Waals surface area contributed by atoms with E-state index in [-0.39, 0.29) is 34.8 Å². The Balaban J connectivity index is 2.07. The molecular weight excluding hydrogens is 561 g/mol. The number of amides is 2. The van der Waals surface area contributed by atoms with E-state index in [1.54, 1.807) is 6.92 Å². The molecule has 2 atom stereocenters. The van der Waals surface area contributed by atoms with Gasteiger partial charge in [0.25, 0.3) is 10.0 Å². The summed E-state index contributed by atoms with van der Waals surface area (Å²) < 4.78 is 53.3. The fourth-order valence-corrected chi connectivity index (χ4v) is 5.69. The van der Waals surface area contributed by atoms with Gasteiger partial charge >= 0.3 is 0 Å². The summed E-state index contributed by atoms with van der Waals surface area (Å²) in [5.41, 5.74) is 1.80. The van der Waals surface area contributed by atoms with Crippen LogP contribution in [0, 0.1) is 12.7 Å². The van der Waals surface area contributed by atoms with Crippen LogP contribution in [0.3, 0.4) is 0 Å². The zero-order chi connectivity index (χ0) is 31.0. The number of halogens is 1. The maximum Gasteiger partial charge on any atom is 0.264 e. The van der Waals surface area contributed by atoms with E-state index >= 15 is 0 Å². The van der Waals surface area contributed by atoms with E-state index in [1.807, 2.05) is 45.0 Å².